The summed E-state index contributed by atoms with van der Waals surface area (Å²) in [5.74, 6) is 0.609. The van der Waals surface area contributed by atoms with E-state index in [1.807, 2.05) is 48.5 Å². The molecule has 160 valence electrons. The molecule has 5 rings (SSSR count). The molecule has 1 aliphatic rings. The molecule has 0 saturated heterocycles. The lowest BCUT2D eigenvalue weighted by molar-refractivity contribution is 0.0472. The highest BCUT2D eigenvalue weighted by Crippen LogP contribution is 2.30. The second-order valence-corrected chi connectivity index (χ2v) is 7.59. The quantitative estimate of drug-likeness (QED) is 0.464. The van der Waals surface area contributed by atoms with Gasteiger partial charge in [-0.25, -0.2) is 0 Å². The van der Waals surface area contributed by atoms with Crippen molar-refractivity contribution in [3.05, 3.63) is 84.8 Å². The van der Waals surface area contributed by atoms with Crippen molar-refractivity contribution in [2.75, 3.05) is 13.2 Å². The highest BCUT2D eigenvalue weighted by Gasteiger charge is 2.23. The van der Waals surface area contributed by atoms with E-state index in [2.05, 4.69) is 32.6 Å². The molecular weight excluding hydrogens is 404 g/mol. The van der Waals surface area contributed by atoms with Gasteiger partial charge in [0.1, 0.15) is 18.1 Å². The van der Waals surface area contributed by atoms with Crippen LogP contribution < -0.4 is 10.1 Å². The molecule has 2 N–H and O–H groups in total. The van der Waals surface area contributed by atoms with Crippen LogP contribution in [0.3, 0.4) is 0 Å². The summed E-state index contributed by atoms with van der Waals surface area (Å²) in [5.41, 5.74) is 4.28. The maximum Gasteiger partial charge on any atom is 0.268 e. The van der Waals surface area contributed by atoms with Gasteiger partial charge in [0.2, 0.25) is 0 Å². The summed E-state index contributed by atoms with van der Waals surface area (Å²) in [4.78, 5) is 25.1. The van der Waals surface area contributed by atoms with Gasteiger partial charge in [0, 0.05) is 35.3 Å². The third-order valence-electron chi connectivity index (χ3n) is 5.31. The van der Waals surface area contributed by atoms with Crippen LogP contribution in [0.5, 0.6) is 5.75 Å². The van der Waals surface area contributed by atoms with Crippen molar-refractivity contribution in [2.45, 2.75) is 12.5 Å². The molecule has 0 radical (unpaired) electrons. The zero-order valence-corrected chi connectivity index (χ0v) is 17.3. The lowest BCUT2D eigenvalue weighted by Gasteiger charge is -2.14. The second kappa shape index (κ2) is 8.93. The van der Waals surface area contributed by atoms with Crippen molar-refractivity contribution in [2.24, 2.45) is 5.16 Å². The average molecular weight is 426 g/mol. The van der Waals surface area contributed by atoms with Gasteiger partial charge in [-0.2, -0.15) is 0 Å². The summed E-state index contributed by atoms with van der Waals surface area (Å²) in [7, 11) is 0. The van der Waals surface area contributed by atoms with E-state index in [-0.39, 0.29) is 12.0 Å². The first-order chi connectivity index (χ1) is 15.8. The Hall–Kier alpha value is -4.13. The number of pyridine rings is 1. The van der Waals surface area contributed by atoms with Crippen LogP contribution in [0.2, 0.25) is 0 Å². The van der Waals surface area contributed by atoms with E-state index in [1.165, 1.54) is 0 Å². The summed E-state index contributed by atoms with van der Waals surface area (Å²) in [6, 6.07) is 21.7. The normalized spacial score (nSPS) is 15.2. The smallest absolute Gasteiger partial charge is 0.268 e. The monoisotopic (exact) mass is 426 g/mol. The minimum atomic E-state index is -0.194. The van der Waals surface area contributed by atoms with Crippen molar-refractivity contribution < 1.29 is 14.4 Å². The molecule has 3 heterocycles. The van der Waals surface area contributed by atoms with E-state index < -0.39 is 0 Å². The predicted octanol–water partition coefficient (Wildman–Crippen LogP) is 4.18. The molecule has 1 unspecified atom stereocenters. The van der Waals surface area contributed by atoms with Gasteiger partial charge in [-0.15, -0.1) is 0 Å². The number of amides is 1. The molecule has 1 amide bonds. The summed E-state index contributed by atoms with van der Waals surface area (Å²) >= 11 is 0. The minimum absolute atomic E-state index is 0.190. The van der Waals surface area contributed by atoms with Crippen molar-refractivity contribution in [3.8, 4) is 16.9 Å². The number of carbonyl (C=O) groups excluding carboxylic acids is 1. The average Bonchev–Trinajstić information content (AvgIpc) is 3.49. The number of para-hydroxylation sites is 1. The Kier molecular flexibility index (Phi) is 5.53. The SMILES string of the molecule is O=C(NCC1=NOC(COc2ccccc2-c2ccccc2)C1)c1cc2cnccc2[nH]1. The van der Waals surface area contributed by atoms with Crippen LogP contribution >= 0.6 is 0 Å². The second-order valence-electron chi connectivity index (χ2n) is 7.59. The van der Waals surface area contributed by atoms with Crippen molar-refractivity contribution in [3.63, 3.8) is 0 Å². The Labute approximate surface area is 185 Å². The number of aromatic nitrogens is 2. The number of H-pyrrole nitrogens is 1. The molecule has 0 saturated carbocycles. The van der Waals surface area contributed by atoms with Gasteiger partial charge in [0.05, 0.1) is 12.3 Å². The fourth-order valence-electron chi connectivity index (χ4n) is 3.68. The number of aromatic amines is 1. The highest BCUT2D eigenvalue weighted by atomic mass is 16.7. The van der Waals surface area contributed by atoms with E-state index in [0.717, 1.165) is 33.5 Å². The van der Waals surface area contributed by atoms with Gasteiger partial charge in [-0.1, -0.05) is 53.7 Å². The largest absolute Gasteiger partial charge is 0.489 e. The minimum Gasteiger partial charge on any atom is -0.489 e. The van der Waals surface area contributed by atoms with Crippen LogP contribution in [0.15, 0.2) is 84.3 Å². The highest BCUT2D eigenvalue weighted by molar-refractivity contribution is 6.00. The molecule has 1 aliphatic heterocycles. The number of oxime groups is 1. The van der Waals surface area contributed by atoms with Crippen molar-refractivity contribution >= 4 is 22.5 Å². The Bertz CT molecular complexity index is 1230. The summed E-state index contributed by atoms with van der Waals surface area (Å²) in [6.07, 6.45) is 3.82. The molecule has 0 spiro atoms. The zero-order valence-electron chi connectivity index (χ0n) is 17.3. The fraction of sp³-hybridized carbons (Fsp3) is 0.160. The van der Waals surface area contributed by atoms with Gasteiger partial charge in [0.15, 0.2) is 6.10 Å². The maximum absolute atomic E-state index is 12.5. The lowest BCUT2D eigenvalue weighted by atomic mass is 10.0. The standard InChI is InChI=1S/C25H22N4O3/c30-25(23-12-18-14-26-11-10-22(18)28-23)27-15-19-13-20(32-29-19)16-31-24-9-5-4-8-21(24)17-6-2-1-3-7-17/h1-12,14,20,28H,13,15-16H2,(H,27,30). The molecule has 0 fully saturated rings. The number of nitrogens with zero attached hydrogens (tertiary/aromatic N) is 2. The van der Waals surface area contributed by atoms with Gasteiger partial charge < -0.3 is 19.9 Å². The van der Waals surface area contributed by atoms with E-state index in [1.54, 1.807) is 18.5 Å². The topological polar surface area (TPSA) is 88.6 Å². The first kappa shape index (κ1) is 19.8. The van der Waals surface area contributed by atoms with Crippen LogP contribution in [0.4, 0.5) is 0 Å². The molecule has 7 nitrogen and oxygen atoms in total. The number of rotatable bonds is 7. The molecule has 2 aromatic carbocycles. The van der Waals surface area contributed by atoms with Gasteiger partial charge >= 0.3 is 0 Å². The summed E-state index contributed by atoms with van der Waals surface area (Å²) in [5, 5.41) is 7.90. The Morgan fingerprint density at radius 2 is 1.97 bits per heavy atom. The van der Waals surface area contributed by atoms with E-state index in [0.29, 0.717) is 25.3 Å². The number of hydrogen-bond acceptors (Lipinski definition) is 5. The molecule has 0 bridgehead atoms. The number of benzene rings is 2. The van der Waals surface area contributed by atoms with E-state index in [4.69, 9.17) is 9.57 Å². The van der Waals surface area contributed by atoms with Crippen LogP contribution in [0.25, 0.3) is 22.0 Å². The molecule has 32 heavy (non-hydrogen) atoms. The van der Waals surface area contributed by atoms with Crippen LogP contribution in [0.1, 0.15) is 16.9 Å². The maximum atomic E-state index is 12.5. The van der Waals surface area contributed by atoms with Crippen LogP contribution in [0, 0.1) is 0 Å². The molecule has 1 atom stereocenters. The van der Waals surface area contributed by atoms with Gasteiger partial charge in [0.25, 0.3) is 5.91 Å². The number of ether oxygens (including phenoxy) is 1. The zero-order chi connectivity index (χ0) is 21.8. The Morgan fingerprint density at radius 1 is 1.12 bits per heavy atom. The number of nitrogens with one attached hydrogen (secondary N) is 2. The number of hydrogen-bond donors (Lipinski definition) is 2. The molecule has 4 aromatic rings. The summed E-state index contributed by atoms with van der Waals surface area (Å²) in [6.45, 7) is 0.698. The molecule has 2 aromatic heterocycles. The van der Waals surface area contributed by atoms with Crippen molar-refractivity contribution in [1.82, 2.24) is 15.3 Å². The number of fused-ring (bicyclic) bond motifs is 1. The third-order valence-corrected chi connectivity index (χ3v) is 5.31. The Morgan fingerprint density at radius 3 is 2.84 bits per heavy atom. The first-order valence-corrected chi connectivity index (χ1v) is 10.5. The van der Waals surface area contributed by atoms with Crippen LogP contribution in [-0.2, 0) is 4.84 Å². The Balaban J connectivity index is 1.13. The third kappa shape index (κ3) is 4.32. The van der Waals surface area contributed by atoms with Crippen molar-refractivity contribution in [1.29, 1.82) is 0 Å². The van der Waals surface area contributed by atoms with Gasteiger partial charge in [-0.3, -0.25) is 9.78 Å². The lowest BCUT2D eigenvalue weighted by Crippen LogP contribution is -2.30. The van der Waals surface area contributed by atoms with Crippen LogP contribution in [-0.4, -0.2) is 40.8 Å². The predicted molar refractivity (Wildman–Crippen MR) is 123 cm³/mol. The van der Waals surface area contributed by atoms with E-state index >= 15 is 0 Å². The molecular formula is C25H22N4O3. The molecule has 0 aliphatic carbocycles. The molecule has 7 heteroatoms. The number of carbonyl (C=O) groups is 1. The summed E-state index contributed by atoms with van der Waals surface area (Å²) < 4.78 is 6.06. The fourth-order valence-corrected chi connectivity index (χ4v) is 3.68. The van der Waals surface area contributed by atoms with Gasteiger partial charge in [-0.05, 0) is 23.8 Å². The first-order valence-electron chi connectivity index (χ1n) is 10.5. The van der Waals surface area contributed by atoms with E-state index in [9.17, 15) is 4.79 Å².